The third kappa shape index (κ3) is 3.92. The van der Waals surface area contributed by atoms with Crippen LogP contribution in [-0.4, -0.2) is 54.6 Å². The van der Waals surface area contributed by atoms with Crippen molar-refractivity contribution in [3.8, 4) is 11.5 Å². The Hall–Kier alpha value is -2.17. The molecule has 3 aromatic rings. The average Bonchev–Trinajstić information content (AvgIpc) is 3.34. The van der Waals surface area contributed by atoms with E-state index in [1.54, 1.807) is 7.11 Å². The Balaban J connectivity index is 1.45. The molecule has 10 heteroatoms. The number of fused-ring (bicyclic) bond motifs is 2. The molecule has 1 aromatic heterocycles. The Morgan fingerprint density at radius 1 is 1.13 bits per heavy atom. The van der Waals surface area contributed by atoms with Crippen LogP contribution in [0.25, 0.3) is 10.9 Å². The van der Waals surface area contributed by atoms with E-state index in [1.807, 2.05) is 30.3 Å². The number of rotatable bonds is 5. The fraction of sp³-hybridized carbons (Fsp3) is 0.333. The SMILES string of the molecule is COc1cc2c(Nc3ccc(Br)c(Cl)c3)ncnc2cc1O[C@@H]1CO[C@@H]2[C@H]1OC[C@H]2N. The molecule has 8 nitrogen and oxygen atoms in total. The first-order chi connectivity index (χ1) is 15.0. The fourth-order valence-corrected chi connectivity index (χ4v) is 4.31. The molecule has 0 aliphatic carbocycles. The number of aromatic nitrogens is 2. The smallest absolute Gasteiger partial charge is 0.164 e. The van der Waals surface area contributed by atoms with Crippen molar-refractivity contribution in [3.63, 3.8) is 0 Å². The van der Waals surface area contributed by atoms with Gasteiger partial charge in [-0.1, -0.05) is 11.6 Å². The van der Waals surface area contributed by atoms with Gasteiger partial charge in [0.15, 0.2) is 17.6 Å². The molecule has 0 spiro atoms. The standard InChI is InChI=1S/C21H20BrClN4O4/c1-28-16-5-11-15(6-17(16)31-18-8-30-19-14(24)7-29-20(18)19)25-9-26-21(11)27-10-2-3-12(22)13(23)4-10/h2-6,9,14,18-20H,7-8,24H2,1H3,(H,25,26,27)/t14-,18-,19+,20+/m1/s1. The summed E-state index contributed by atoms with van der Waals surface area (Å²) in [4.78, 5) is 8.79. The van der Waals surface area contributed by atoms with Crippen LogP contribution in [0.15, 0.2) is 41.1 Å². The zero-order valence-electron chi connectivity index (χ0n) is 16.5. The van der Waals surface area contributed by atoms with Gasteiger partial charge in [0.05, 0.1) is 36.9 Å². The average molecular weight is 508 g/mol. The number of methoxy groups -OCH3 is 1. The molecular formula is C21H20BrClN4O4. The van der Waals surface area contributed by atoms with Crippen LogP contribution in [0.3, 0.4) is 0 Å². The van der Waals surface area contributed by atoms with Crippen molar-refractivity contribution in [3.05, 3.63) is 46.2 Å². The van der Waals surface area contributed by atoms with Gasteiger partial charge in [-0.3, -0.25) is 0 Å². The van der Waals surface area contributed by atoms with Crippen molar-refractivity contribution < 1.29 is 18.9 Å². The molecule has 4 atom stereocenters. The lowest BCUT2D eigenvalue weighted by molar-refractivity contribution is 0.0295. The largest absolute Gasteiger partial charge is 0.493 e. The molecule has 2 aliphatic rings. The lowest BCUT2D eigenvalue weighted by atomic mass is 10.1. The molecule has 31 heavy (non-hydrogen) atoms. The lowest BCUT2D eigenvalue weighted by Crippen LogP contribution is -2.38. The predicted molar refractivity (Wildman–Crippen MR) is 120 cm³/mol. The Labute approximate surface area is 192 Å². The monoisotopic (exact) mass is 506 g/mol. The Bertz CT molecular complexity index is 1130. The number of anilines is 2. The second-order valence-electron chi connectivity index (χ2n) is 7.41. The molecule has 2 aliphatic heterocycles. The van der Waals surface area contributed by atoms with E-state index >= 15 is 0 Å². The van der Waals surface area contributed by atoms with Crippen molar-refractivity contribution >= 4 is 49.9 Å². The first kappa shape index (κ1) is 20.7. The number of nitrogens with zero attached hydrogens (tertiary/aromatic N) is 2. The molecule has 2 saturated heterocycles. The van der Waals surface area contributed by atoms with E-state index in [9.17, 15) is 0 Å². The fourth-order valence-electron chi connectivity index (χ4n) is 3.88. The minimum absolute atomic E-state index is 0.134. The van der Waals surface area contributed by atoms with Gasteiger partial charge in [0.2, 0.25) is 0 Å². The summed E-state index contributed by atoms with van der Waals surface area (Å²) in [5.41, 5.74) is 7.55. The zero-order valence-corrected chi connectivity index (χ0v) is 18.9. The molecule has 2 fully saturated rings. The minimum Gasteiger partial charge on any atom is -0.493 e. The summed E-state index contributed by atoms with van der Waals surface area (Å²) in [5, 5.41) is 4.67. The van der Waals surface area contributed by atoms with E-state index < -0.39 is 0 Å². The molecule has 0 radical (unpaired) electrons. The number of nitrogens with one attached hydrogen (secondary N) is 1. The van der Waals surface area contributed by atoms with Gasteiger partial charge in [-0.2, -0.15) is 0 Å². The molecule has 2 aromatic carbocycles. The third-order valence-corrected chi connectivity index (χ3v) is 6.66. The van der Waals surface area contributed by atoms with Crippen molar-refractivity contribution in [2.75, 3.05) is 25.6 Å². The first-order valence-corrected chi connectivity index (χ1v) is 10.9. The number of hydrogen-bond donors (Lipinski definition) is 2. The number of ether oxygens (including phenoxy) is 4. The Kier molecular flexibility index (Phi) is 5.61. The highest BCUT2D eigenvalue weighted by molar-refractivity contribution is 9.10. The van der Waals surface area contributed by atoms with Crippen LogP contribution in [0.4, 0.5) is 11.5 Å². The first-order valence-electron chi connectivity index (χ1n) is 9.74. The summed E-state index contributed by atoms with van der Waals surface area (Å²) >= 11 is 9.61. The molecular weight excluding hydrogens is 488 g/mol. The van der Waals surface area contributed by atoms with Gasteiger partial charge < -0.3 is 30.0 Å². The number of hydrogen-bond acceptors (Lipinski definition) is 8. The third-order valence-electron chi connectivity index (χ3n) is 5.43. The van der Waals surface area contributed by atoms with E-state index in [0.29, 0.717) is 41.1 Å². The van der Waals surface area contributed by atoms with E-state index in [0.717, 1.165) is 15.5 Å². The van der Waals surface area contributed by atoms with Gasteiger partial charge in [0.1, 0.15) is 24.4 Å². The van der Waals surface area contributed by atoms with E-state index in [4.69, 9.17) is 36.3 Å². The second-order valence-corrected chi connectivity index (χ2v) is 8.67. The van der Waals surface area contributed by atoms with Gasteiger partial charge in [-0.15, -0.1) is 0 Å². The maximum atomic E-state index is 6.22. The van der Waals surface area contributed by atoms with E-state index in [1.165, 1.54) is 6.33 Å². The van der Waals surface area contributed by atoms with Crippen molar-refractivity contribution in [2.24, 2.45) is 5.73 Å². The van der Waals surface area contributed by atoms with Crippen LogP contribution in [0.1, 0.15) is 0 Å². The Morgan fingerprint density at radius 3 is 2.77 bits per heavy atom. The normalized spacial score (nSPS) is 24.9. The van der Waals surface area contributed by atoms with Crippen LogP contribution in [0.2, 0.25) is 5.02 Å². The number of halogens is 2. The highest BCUT2D eigenvalue weighted by Crippen LogP contribution is 2.38. The van der Waals surface area contributed by atoms with Gasteiger partial charge in [0, 0.05) is 21.6 Å². The quantitative estimate of drug-likeness (QED) is 0.539. The molecule has 5 rings (SSSR count). The van der Waals surface area contributed by atoms with Crippen LogP contribution in [0, 0.1) is 0 Å². The lowest BCUT2D eigenvalue weighted by Gasteiger charge is -2.20. The molecule has 0 saturated carbocycles. The van der Waals surface area contributed by atoms with Gasteiger partial charge in [0.25, 0.3) is 0 Å². The second kappa shape index (κ2) is 8.40. The van der Waals surface area contributed by atoms with Crippen LogP contribution < -0.4 is 20.5 Å². The Morgan fingerprint density at radius 2 is 1.97 bits per heavy atom. The summed E-state index contributed by atoms with van der Waals surface area (Å²) in [6.45, 7) is 0.873. The zero-order chi connectivity index (χ0) is 21.5. The summed E-state index contributed by atoms with van der Waals surface area (Å²) < 4.78 is 24.2. The van der Waals surface area contributed by atoms with E-state index in [2.05, 4.69) is 31.2 Å². The minimum atomic E-state index is -0.269. The van der Waals surface area contributed by atoms with Crippen molar-refractivity contribution in [1.82, 2.24) is 9.97 Å². The summed E-state index contributed by atoms with van der Waals surface area (Å²) in [5.74, 6) is 1.75. The molecule has 162 valence electrons. The molecule has 0 bridgehead atoms. The maximum absolute atomic E-state index is 6.22. The van der Waals surface area contributed by atoms with Crippen LogP contribution in [-0.2, 0) is 9.47 Å². The highest BCUT2D eigenvalue weighted by atomic mass is 79.9. The highest BCUT2D eigenvalue weighted by Gasteiger charge is 2.47. The number of nitrogens with two attached hydrogens (primary N) is 1. The maximum Gasteiger partial charge on any atom is 0.164 e. The summed E-state index contributed by atoms with van der Waals surface area (Å²) in [6.07, 6.45) is 0.886. The summed E-state index contributed by atoms with van der Waals surface area (Å²) in [7, 11) is 1.59. The van der Waals surface area contributed by atoms with Crippen molar-refractivity contribution in [2.45, 2.75) is 24.4 Å². The van der Waals surface area contributed by atoms with Gasteiger partial charge in [-0.25, -0.2) is 9.97 Å². The molecule has 0 unspecified atom stereocenters. The molecule has 0 amide bonds. The summed E-state index contributed by atoms with van der Waals surface area (Å²) in [6, 6.07) is 9.14. The van der Waals surface area contributed by atoms with Crippen LogP contribution >= 0.6 is 27.5 Å². The number of benzene rings is 2. The van der Waals surface area contributed by atoms with Gasteiger partial charge >= 0.3 is 0 Å². The van der Waals surface area contributed by atoms with E-state index in [-0.39, 0.29) is 24.4 Å². The van der Waals surface area contributed by atoms with Crippen molar-refractivity contribution in [1.29, 1.82) is 0 Å². The predicted octanol–water partition coefficient (Wildman–Crippen LogP) is 3.67. The molecule has 3 N–H and O–H groups in total. The molecule has 3 heterocycles. The topological polar surface area (TPSA) is 101 Å². The van der Waals surface area contributed by atoms with Gasteiger partial charge in [-0.05, 0) is 40.2 Å². The van der Waals surface area contributed by atoms with Crippen LogP contribution in [0.5, 0.6) is 11.5 Å².